The number of halogens is 4. The average Bonchev–Trinajstić information content (AvgIpc) is 1.55. The lowest BCUT2D eigenvalue weighted by Crippen LogP contribution is -2.38. The van der Waals surface area contributed by atoms with E-state index in [1.165, 1.54) is 130 Å². The maximum absolute atomic E-state index is 17.0. The number of carbonyl (C=O) groups excluding carboxylic acids is 3. The Hall–Kier alpha value is -6.67. The molecule has 0 unspecified atom stereocenters. The zero-order valence-corrected chi connectivity index (χ0v) is 79.3. The Morgan fingerprint density at radius 1 is 0.322 bits per heavy atom. The van der Waals surface area contributed by atoms with Gasteiger partial charge in [0.15, 0.2) is 17.3 Å². The minimum Gasteiger partial charge on any atom is -0.481 e. The standard InChI is InChI=1S/C102H114Cl4N4O5S6/c1-7-13-19-25-31-37-43-100(44-38-32-26-20-14-8-2)76-58-86(88-60-78-96(121-88)98-84(115-102(78,47-41-35-29-23-17-11-5)48-42-36-30-24-18-12-6)52-68(117-98)50-74-90(66(63-109)64-110)70-54-80(104)82(106)56-72(70)92(74)112)119-94(76)93-75(99(100)113)57-85(118-93)87-59-77-95(120-87)97-83(114-101(77,45-39-33-27-21-15-9-3)46-40-34-28-22-16-10-4)51-67(116-97)49-73-89(65(61-107)62-108)69-53-79(103)81(105)55-71(69)91(73)111/h49-60H,7-48H2,1-6H3/b73-49-,74-50-. The van der Waals surface area contributed by atoms with Crippen LogP contribution < -0.4 is 9.47 Å². The number of unbranched alkanes of at least 4 members (excludes halogenated alkanes) is 30. The average molecular weight is 1810 g/mol. The number of thiophene rings is 6. The summed E-state index contributed by atoms with van der Waals surface area (Å²) in [4.78, 5) is 58.9. The van der Waals surface area contributed by atoms with Gasteiger partial charge in [-0.3, -0.25) is 14.4 Å². The van der Waals surface area contributed by atoms with E-state index >= 15 is 4.79 Å². The van der Waals surface area contributed by atoms with E-state index in [-0.39, 0.29) is 70.9 Å². The van der Waals surface area contributed by atoms with Gasteiger partial charge >= 0.3 is 0 Å². The Morgan fingerprint density at radius 2 is 0.603 bits per heavy atom. The lowest BCUT2D eigenvalue weighted by Gasteiger charge is -2.38. The third-order valence-corrected chi connectivity index (χ3v) is 34.6. The lowest BCUT2D eigenvalue weighted by atomic mass is 9.65. The summed E-state index contributed by atoms with van der Waals surface area (Å²) in [6.07, 6.45) is 49.2. The van der Waals surface area contributed by atoms with Gasteiger partial charge in [0.05, 0.1) is 49.9 Å². The normalized spacial score (nSPS) is 15.4. The molecule has 0 amide bonds. The van der Waals surface area contributed by atoms with E-state index in [0.717, 1.165) is 238 Å². The number of ether oxygens (including phenoxy) is 2. The smallest absolute Gasteiger partial charge is 0.194 e. The third-order valence-electron chi connectivity index (χ3n) is 25.6. The summed E-state index contributed by atoms with van der Waals surface area (Å²) in [7, 11) is 0. The van der Waals surface area contributed by atoms with Crippen LogP contribution in [0.4, 0.5) is 0 Å². The molecule has 3 aliphatic carbocycles. The van der Waals surface area contributed by atoms with Crippen LogP contribution in [0.1, 0.15) is 380 Å². The third kappa shape index (κ3) is 20.0. The number of rotatable bonds is 46. The molecule has 8 aromatic rings. The summed E-state index contributed by atoms with van der Waals surface area (Å²) in [6, 6.07) is 28.4. The quantitative estimate of drug-likeness (QED) is 0.0205. The Morgan fingerprint density at radius 3 is 0.934 bits per heavy atom. The maximum Gasteiger partial charge on any atom is 0.194 e. The predicted molar refractivity (Wildman–Crippen MR) is 513 cm³/mol. The molecule has 0 N–H and O–H groups in total. The predicted octanol–water partition coefficient (Wildman–Crippen LogP) is 35.3. The van der Waals surface area contributed by atoms with Crippen molar-refractivity contribution in [2.75, 3.05) is 0 Å². The number of nitriles is 4. The number of carbonyl (C=O) groups is 3. The van der Waals surface area contributed by atoms with E-state index in [2.05, 4.69) is 102 Å². The van der Waals surface area contributed by atoms with Crippen molar-refractivity contribution in [1.82, 2.24) is 0 Å². The molecular formula is C102H114Cl4N4O5S6. The molecule has 636 valence electrons. The van der Waals surface area contributed by atoms with Gasteiger partial charge < -0.3 is 9.47 Å². The highest BCUT2D eigenvalue weighted by molar-refractivity contribution is 7.31. The summed E-state index contributed by atoms with van der Waals surface area (Å²) in [5.74, 6) is 1.12. The van der Waals surface area contributed by atoms with Crippen LogP contribution >= 0.6 is 114 Å². The van der Waals surface area contributed by atoms with Crippen molar-refractivity contribution in [2.24, 2.45) is 0 Å². The van der Waals surface area contributed by atoms with Crippen LogP contribution in [0.15, 0.2) is 83.0 Å². The van der Waals surface area contributed by atoms with Crippen LogP contribution in [0.25, 0.3) is 72.1 Å². The maximum atomic E-state index is 17.0. The van der Waals surface area contributed by atoms with Crippen molar-refractivity contribution in [3.63, 3.8) is 0 Å². The molecule has 8 heterocycles. The van der Waals surface area contributed by atoms with Crippen LogP contribution in [-0.2, 0) is 16.6 Å². The molecule has 6 aromatic heterocycles. The largest absolute Gasteiger partial charge is 0.481 e. The topological polar surface area (TPSA) is 165 Å². The highest BCUT2D eigenvalue weighted by Crippen LogP contribution is 2.64. The summed E-state index contributed by atoms with van der Waals surface area (Å²) < 4.78 is 15.5. The van der Waals surface area contributed by atoms with Crippen molar-refractivity contribution < 1.29 is 23.9 Å². The second-order valence-electron chi connectivity index (χ2n) is 34.2. The van der Waals surface area contributed by atoms with Crippen molar-refractivity contribution >= 4 is 155 Å². The number of allylic oxidation sites excluding steroid dienone is 6. The highest BCUT2D eigenvalue weighted by atomic mass is 35.5. The number of nitrogens with zero attached hydrogens (tertiary/aromatic N) is 4. The minimum atomic E-state index is -0.759. The fraction of sp³-hybridized carbons (Fsp3) is 0.500. The van der Waals surface area contributed by atoms with Gasteiger partial charge in [0.1, 0.15) is 58.1 Å². The first-order valence-corrected chi connectivity index (χ1v) is 51.7. The molecule has 5 aliphatic rings. The molecule has 0 spiro atoms. The fourth-order valence-electron chi connectivity index (χ4n) is 19.1. The van der Waals surface area contributed by atoms with E-state index in [9.17, 15) is 30.6 Å². The molecule has 0 fully saturated rings. The molecule has 19 heteroatoms. The second-order valence-corrected chi connectivity index (χ2v) is 42.2. The van der Waals surface area contributed by atoms with E-state index in [4.69, 9.17) is 55.9 Å². The van der Waals surface area contributed by atoms with Crippen molar-refractivity contribution in [1.29, 1.82) is 21.0 Å². The van der Waals surface area contributed by atoms with Gasteiger partial charge in [0.2, 0.25) is 0 Å². The van der Waals surface area contributed by atoms with Crippen LogP contribution in [-0.4, -0.2) is 17.3 Å². The summed E-state index contributed by atoms with van der Waals surface area (Å²) in [5.41, 5.74) is 4.31. The van der Waals surface area contributed by atoms with Crippen molar-refractivity contribution in [2.45, 2.75) is 328 Å². The molecule has 2 aromatic carbocycles. The SMILES string of the molecule is CCCCCCCCC1(CCCCCCCC)Oc2cc(/C=C3\C(=O)c4cc(Cl)c(Cl)cc4C3=C(C#N)C#N)sc2-c2sc(-c3cc4c(s3)-c3sc(-c5cc6c(s5)-c5sc(/C=C7\C(=O)c8cc(Cl)c(Cl)cc8C7=C(C#N)C#N)cc5OC6(CCCCCCCC)CCCCCCCC)cc3C(CCCCCCCC)(CCCCCCCC)C4=O)cc21. The Balaban J connectivity index is 0.980. The molecule has 9 nitrogen and oxygen atoms in total. The van der Waals surface area contributed by atoms with Crippen LogP contribution in [0.2, 0.25) is 20.1 Å². The first kappa shape index (κ1) is 92.0. The molecule has 121 heavy (non-hydrogen) atoms. The Labute approximate surface area is 762 Å². The van der Waals surface area contributed by atoms with Gasteiger partial charge in [-0.25, -0.2) is 0 Å². The van der Waals surface area contributed by atoms with E-state index in [1.54, 1.807) is 63.5 Å². The number of hydrogen-bond donors (Lipinski definition) is 0. The molecule has 0 radical (unpaired) electrons. The molecule has 0 saturated carbocycles. The van der Waals surface area contributed by atoms with Gasteiger partial charge in [-0.15, -0.1) is 68.0 Å². The van der Waals surface area contributed by atoms with Crippen molar-refractivity contribution in [3.8, 4) is 84.5 Å². The van der Waals surface area contributed by atoms with Crippen LogP contribution in [0, 0.1) is 45.3 Å². The number of fused-ring (bicyclic) bond motifs is 11. The number of ketones is 3. The van der Waals surface area contributed by atoms with Crippen LogP contribution in [0.5, 0.6) is 11.5 Å². The number of benzene rings is 2. The molecule has 2 aliphatic heterocycles. The van der Waals surface area contributed by atoms with Crippen LogP contribution in [0.3, 0.4) is 0 Å². The summed E-state index contributed by atoms with van der Waals surface area (Å²) in [5, 5.41) is 42.7. The zero-order valence-electron chi connectivity index (χ0n) is 71.4. The lowest BCUT2D eigenvalue weighted by molar-refractivity contribution is 0.0395. The minimum absolute atomic E-state index is 0.178. The fourth-order valence-corrected chi connectivity index (χ4v) is 27.3. The van der Waals surface area contributed by atoms with Gasteiger partial charge in [0.25, 0.3) is 0 Å². The first-order chi connectivity index (χ1) is 58.9. The second kappa shape index (κ2) is 43.0. The van der Waals surface area contributed by atoms with Crippen molar-refractivity contribution in [3.05, 3.63) is 157 Å². The van der Waals surface area contributed by atoms with E-state index in [0.29, 0.717) is 22.3 Å². The van der Waals surface area contributed by atoms with E-state index in [1.807, 2.05) is 34.8 Å². The molecule has 0 atom stereocenters. The van der Waals surface area contributed by atoms with Gasteiger partial charge in [-0.05, 0) is 154 Å². The molecular weight excluding hydrogens is 1700 g/mol. The molecule has 13 rings (SSSR count). The van der Waals surface area contributed by atoms with Gasteiger partial charge in [-0.2, -0.15) is 21.0 Å². The Bertz CT molecular complexity index is 5340. The Kier molecular flexibility index (Phi) is 32.7. The number of Topliss-reactive ketones (excluding diaryl/α,β-unsaturated/α-hetero) is 3. The van der Waals surface area contributed by atoms with Gasteiger partial charge in [0, 0.05) is 84.2 Å². The number of hydrogen-bond acceptors (Lipinski definition) is 15. The summed E-state index contributed by atoms with van der Waals surface area (Å²) in [6.45, 7) is 13.6. The first-order valence-electron chi connectivity index (χ1n) is 45.3. The summed E-state index contributed by atoms with van der Waals surface area (Å²) >= 11 is 36.8. The monoisotopic (exact) mass is 1810 g/mol. The van der Waals surface area contributed by atoms with Gasteiger partial charge in [-0.1, -0.05) is 293 Å². The molecule has 0 saturated heterocycles. The molecule has 0 bridgehead atoms. The highest BCUT2D eigenvalue weighted by Gasteiger charge is 2.50. The van der Waals surface area contributed by atoms with E-state index < -0.39 is 16.6 Å². The zero-order chi connectivity index (χ0) is 85.4.